The zero-order chi connectivity index (χ0) is 18.4. The van der Waals surface area contributed by atoms with Crippen LogP contribution in [0.4, 0.5) is 5.69 Å². The van der Waals surface area contributed by atoms with Crippen LogP contribution in [0.2, 0.25) is 0 Å². The second-order valence-corrected chi connectivity index (χ2v) is 6.99. The number of nitrogens with one attached hydrogen (secondary N) is 1. The number of aryl methyl sites for hydroxylation is 3. The van der Waals surface area contributed by atoms with E-state index < -0.39 is 0 Å². The van der Waals surface area contributed by atoms with Gasteiger partial charge >= 0.3 is 0 Å². The number of amides is 1. The molecule has 0 saturated heterocycles. The number of anilines is 1. The summed E-state index contributed by atoms with van der Waals surface area (Å²) < 4.78 is 2.25. The molecule has 1 aliphatic heterocycles. The van der Waals surface area contributed by atoms with E-state index in [0.29, 0.717) is 0 Å². The molecule has 0 bridgehead atoms. The minimum atomic E-state index is -0.0396. The van der Waals surface area contributed by atoms with E-state index in [1.54, 1.807) is 0 Å². The Balaban J connectivity index is 1.83. The van der Waals surface area contributed by atoms with E-state index >= 15 is 0 Å². The summed E-state index contributed by atoms with van der Waals surface area (Å²) in [5, 5.41) is 2.94. The van der Waals surface area contributed by atoms with Gasteiger partial charge in [-0.05, 0) is 74.7 Å². The fourth-order valence-electron chi connectivity index (χ4n) is 3.63. The van der Waals surface area contributed by atoms with E-state index in [0.717, 1.165) is 39.5 Å². The molecule has 0 spiro atoms. The maximum atomic E-state index is 12.4. The van der Waals surface area contributed by atoms with Crippen LogP contribution in [0.15, 0.2) is 48.5 Å². The van der Waals surface area contributed by atoms with Crippen LogP contribution in [-0.4, -0.2) is 10.5 Å². The van der Waals surface area contributed by atoms with Gasteiger partial charge in [-0.2, -0.15) is 0 Å². The number of carbonyl (C=O) groups is 1. The molecule has 0 atom stereocenters. The monoisotopic (exact) mass is 342 g/mol. The lowest BCUT2D eigenvalue weighted by Crippen LogP contribution is -2.03. The molecule has 1 N–H and O–H groups in total. The molecular formula is C23H22N2O. The van der Waals surface area contributed by atoms with Gasteiger partial charge in [0, 0.05) is 33.9 Å². The predicted octanol–water partition coefficient (Wildman–Crippen LogP) is 5.20. The minimum Gasteiger partial charge on any atom is -0.321 e. The Labute approximate surface area is 154 Å². The van der Waals surface area contributed by atoms with Crippen LogP contribution in [0.1, 0.15) is 33.6 Å². The second kappa shape index (κ2) is 6.03. The number of aromatic nitrogens is 1. The third-order valence-corrected chi connectivity index (χ3v) is 5.23. The number of rotatable bonds is 2. The lowest BCUT2D eigenvalue weighted by atomic mass is 10.0. The third kappa shape index (κ3) is 2.57. The molecule has 0 fully saturated rings. The molecule has 3 heteroatoms. The van der Waals surface area contributed by atoms with Crippen LogP contribution < -0.4 is 5.32 Å². The molecule has 0 saturated carbocycles. The van der Waals surface area contributed by atoms with Gasteiger partial charge in [-0.3, -0.25) is 4.79 Å². The van der Waals surface area contributed by atoms with Gasteiger partial charge in [-0.15, -0.1) is 0 Å². The van der Waals surface area contributed by atoms with Crippen molar-refractivity contribution in [3.05, 3.63) is 82.2 Å². The Morgan fingerprint density at radius 3 is 2.46 bits per heavy atom. The number of hydrogen-bond donors (Lipinski definition) is 1. The molecule has 4 rings (SSSR count). The van der Waals surface area contributed by atoms with Crippen LogP contribution >= 0.6 is 0 Å². The zero-order valence-corrected chi connectivity index (χ0v) is 15.6. The lowest BCUT2D eigenvalue weighted by Gasteiger charge is -2.12. The summed E-state index contributed by atoms with van der Waals surface area (Å²) in [6.45, 7) is 8.47. The number of para-hydroxylation sites is 1. The Morgan fingerprint density at radius 1 is 0.923 bits per heavy atom. The van der Waals surface area contributed by atoms with Crippen molar-refractivity contribution in [3.63, 3.8) is 0 Å². The van der Waals surface area contributed by atoms with Crippen molar-refractivity contribution in [1.29, 1.82) is 0 Å². The molecule has 130 valence electrons. The number of fused-ring (bicyclic) bond motifs is 1. The highest BCUT2D eigenvalue weighted by Gasteiger charge is 2.24. The smallest absolute Gasteiger partial charge is 0.256 e. The molecule has 26 heavy (non-hydrogen) atoms. The molecule has 1 aliphatic rings. The van der Waals surface area contributed by atoms with Crippen LogP contribution in [0.25, 0.3) is 17.3 Å². The van der Waals surface area contributed by atoms with Crippen LogP contribution in [0.3, 0.4) is 0 Å². The Bertz CT molecular complexity index is 1070. The summed E-state index contributed by atoms with van der Waals surface area (Å²) in [4.78, 5) is 12.4. The molecule has 0 aliphatic carbocycles. The standard InChI is InChI=1S/C23H22N2O/c1-14-9-10-19(11-15(14)2)25-16(3)12-18(17(25)4)13-21-20-7-5-6-8-22(20)24-23(21)26/h5-13H,1-4H3,(H,24,26)/b21-13+. The van der Waals surface area contributed by atoms with Crippen LogP contribution in [0.5, 0.6) is 0 Å². The molecule has 0 radical (unpaired) electrons. The molecule has 2 heterocycles. The van der Waals surface area contributed by atoms with Crippen molar-refractivity contribution in [2.75, 3.05) is 5.32 Å². The van der Waals surface area contributed by atoms with Gasteiger partial charge in [0.1, 0.15) is 0 Å². The molecule has 3 nitrogen and oxygen atoms in total. The maximum Gasteiger partial charge on any atom is 0.256 e. The first-order valence-electron chi connectivity index (χ1n) is 8.85. The zero-order valence-electron chi connectivity index (χ0n) is 15.6. The minimum absolute atomic E-state index is 0.0396. The number of nitrogens with zero attached hydrogens (tertiary/aromatic N) is 1. The van der Waals surface area contributed by atoms with E-state index in [9.17, 15) is 4.79 Å². The fourth-order valence-corrected chi connectivity index (χ4v) is 3.63. The van der Waals surface area contributed by atoms with E-state index in [2.05, 4.69) is 61.8 Å². The summed E-state index contributed by atoms with van der Waals surface area (Å²) in [7, 11) is 0. The fraction of sp³-hybridized carbons (Fsp3) is 0.174. The Kier molecular flexibility index (Phi) is 3.80. The van der Waals surface area contributed by atoms with E-state index in [4.69, 9.17) is 0 Å². The van der Waals surface area contributed by atoms with Gasteiger partial charge in [-0.1, -0.05) is 24.3 Å². The molecule has 1 aromatic heterocycles. The number of hydrogen-bond acceptors (Lipinski definition) is 1. The van der Waals surface area contributed by atoms with Gasteiger partial charge in [0.05, 0.1) is 0 Å². The maximum absolute atomic E-state index is 12.4. The van der Waals surface area contributed by atoms with E-state index in [1.807, 2.05) is 30.3 Å². The lowest BCUT2D eigenvalue weighted by molar-refractivity contribution is -0.110. The molecule has 0 unspecified atom stereocenters. The Morgan fingerprint density at radius 2 is 1.69 bits per heavy atom. The second-order valence-electron chi connectivity index (χ2n) is 6.99. The van der Waals surface area contributed by atoms with Gasteiger partial charge < -0.3 is 9.88 Å². The first kappa shape index (κ1) is 16.4. The SMILES string of the molecule is Cc1ccc(-n2c(C)cc(/C=C3/C(=O)Nc4ccccc43)c2C)cc1C. The highest BCUT2D eigenvalue weighted by molar-refractivity contribution is 6.34. The van der Waals surface area contributed by atoms with Crippen molar-refractivity contribution in [1.82, 2.24) is 4.57 Å². The summed E-state index contributed by atoms with van der Waals surface area (Å²) in [6.07, 6.45) is 2.00. The Hall–Kier alpha value is -3.07. The highest BCUT2D eigenvalue weighted by atomic mass is 16.2. The first-order valence-corrected chi connectivity index (χ1v) is 8.85. The number of carbonyl (C=O) groups excluding carboxylic acids is 1. The first-order chi connectivity index (χ1) is 12.5. The average Bonchev–Trinajstić information content (AvgIpc) is 3.07. The molecular weight excluding hydrogens is 320 g/mol. The average molecular weight is 342 g/mol. The van der Waals surface area contributed by atoms with Crippen LogP contribution in [0, 0.1) is 27.7 Å². The predicted molar refractivity (Wildman–Crippen MR) is 108 cm³/mol. The topological polar surface area (TPSA) is 34.0 Å². The summed E-state index contributed by atoms with van der Waals surface area (Å²) >= 11 is 0. The summed E-state index contributed by atoms with van der Waals surface area (Å²) in [6, 6.07) is 16.5. The largest absolute Gasteiger partial charge is 0.321 e. The van der Waals surface area contributed by atoms with Crippen molar-refractivity contribution in [3.8, 4) is 5.69 Å². The van der Waals surface area contributed by atoms with Gasteiger partial charge in [-0.25, -0.2) is 0 Å². The highest BCUT2D eigenvalue weighted by Crippen LogP contribution is 2.34. The molecule has 3 aromatic rings. The van der Waals surface area contributed by atoms with E-state index in [1.165, 1.54) is 11.1 Å². The molecule has 1 amide bonds. The normalized spacial score (nSPS) is 14.6. The number of benzene rings is 2. The van der Waals surface area contributed by atoms with Gasteiger partial charge in [0.25, 0.3) is 5.91 Å². The third-order valence-electron chi connectivity index (χ3n) is 5.23. The van der Waals surface area contributed by atoms with Gasteiger partial charge in [0.15, 0.2) is 0 Å². The van der Waals surface area contributed by atoms with Crippen molar-refractivity contribution >= 4 is 23.2 Å². The van der Waals surface area contributed by atoms with Crippen molar-refractivity contribution < 1.29 is 4.79 Å². The van der Waals surface area contributed by atoms with E-state index in [-0.39, 0.29) is 5.91 Å². The summed E-state index contributed by atoms with van der Waals surface area (Å²) in [5.41, 5.74) is 9.66. The van der Waals surface area contributed by atoms with Crippen molar-refractivity contribution in [2.45, 2.75) is 27.7 Å². The molecule has 2 aromatic carbocycles. The summed E-state index contributed by atoms with van der Waals surface area (Å²) in [5.74, 6) is -0.0396. The van der Waals surface area contributed by atoms with Crippen molar-refractivity contribution in [2.24, 2.45) is 0 Å². The van der Waals surface area contributed by atoms with Gasteiger partial charge in [0.2, 0.25) is 0 Å². The quantitative estimate of drug-likeness (QED) is 0.638. The van der Waals surface area contributed by atoms with Crippen LogP contribution in [-0.2, 0) is 4.79 Å².